The minimum absolute atomic E-state index is 0.130. The molecule has 0 radical (unpaired) electrons. The van der Waals surface area contributed by atoms with Gasteiger partial charge in [0, 0.05) is 11.1 Å². The van der Waals surface area contributed by atoms with E-state index in [4.69, 9.17) is 0 Å². The second kappa shape index (κ2) is 5.33. The maximum absolute atomic E-state index is 12.2. The molecule has 0 bridgehead atoms. The maximum Gasteiger partial charge on any atom is 0.201 e. The third-order valence-electron chi connectivity index (χ3n) is 3.46. The van der Waals surface area contributed by atoms with Gasteiger partial charge in [0.05, 0.1) is 0 Å². The first-order chi connectivity index (χ1) is 10.6. The Morgan fingerprint density at radius 1 is 0.909 bits per heavy atom. The van der Waals surface area contributed by atoms with E-state index in [0.29, 0.717) is 16.7 Å². The lowest BCUT2D eigenvalue weighted by Crippen LogP contribution is -2.08. The summed E-state index contributed by atoms with van der Waals surface area (Å²) in [5.41, 5.74) is 1.21. The van der Waals surface area contributed by atoms with E-state index in [9.17, 15) is 19.8 Å². The largest absolute Gasteiger partial charge is 0.508 e. The van der Waals surface area contributed by atoms with E-state index in [-0.39, 0.29) is 17.1 Å². The molecule has 2 aromatic rings. The van der Waals surface area contributed by atoms with Crippen molar-refractivity contribution in [3.63, 3.8) is 0 Å². The number of hydrogen-bond acceptors (Lipinski definition) is 4. The zero-order valence-electron chi connectivity index (χ0n) is 11.5. The lowest BCUT2D eigenvalue weighted by atomic mass is 10.1. The molecular weight excluding hydrogens is 280 g/mol. The zero-order valence-corrected chi connectivity index (χ0v) is 11.5. The summed E-state index contributed by atoms with van der Waals surface area (Å²) in [6.07, 6.45) is 2.76. The number of hydrogen-bond donors (Lipinski definition) is 2. The van der Waals surface area contributed by atoms with Gasteiger partial charge in [0.15, 0.2) is 5.78 Å². The highest BCUT2D eigenvalue weighted by Crippen LogP contribution is 2.31. The summed E-state index contributed by atoms with van der Waals surface area (Å²) in [6.45, 7) is 0. The number of aliphatic hydroxyl groups excluding tert-OH is 1. The van der Waals surface area contributed by atoms with E-state index in [1.54, 1.807) is 36.4 Å². The summed E-state index contributed by atoms with van der Waals surface area (Å²) in [5, 5.41) is 19.3. The molecule has 2 aromatic carbocycles. The summed E-state index contributed by atoms with van der Waals surface area (Å²) in [4.78, 5) is 24.4. The molecule has 0 spiro atoms. The second-order valence-electron chi connectivity index (χ2n) is 4.89. The van der Waals surface area contributed by atoms with Gasteiger partial charge in [-0.15, -0.1) is 0 Å². The Morgan fingerprint density at radius 2 is 1.55 bits per heavy atom. The standard InChI is InChI=1S/C18H12O4/c19-12-8-5-11(6-9-12)7-10-15(20)16-17(21)13-3-1-2-4-14(13)18(16)22/h1-10,19,21H/b10-7+. The number of aromatic hydroxyl groups is 1. The van der Waals surface area contributed by atoms with Crippen LogP contribution in [0.5, 0.6) is 5.75 Å². The topological polar surface area (TPSA) is 74.6 Å². The molecule has 2 N–H and O–H groups in total. The first kappa shape index (κ1) is 13.8. The van der Waals surface area contributed by atoms with E-state index in [1.165, 1.54) is 24.3 Å². The molecule has 3 rings (SSSR count). The van der Waals surface area contributed by atoms with E-state index >= 15 is 0 Å². The quantitative estimate of drug-likeness (QED) is 0.673. The highest BCUT2D eigenvalue weighted by molar-refractivity contribution is 6.36. The smallest absolute Gasteiger partial charge is 0.201 e. The van der Waals surface area contributed by atoms with Gasteiger partial charge in [-0.2, -0.15) is 0 Å². The molecule has 0 fully saturated rings. The van der Waals surface area contributed by atoms with Gasteiger partial charge in [0.2, 0.25) is 5.78 Å². The van der Waals surface area contributed by atoms with Crippen molar-refractivity contribution >= 4 is 23.4 Å². The van der Waals surface area contributed by atoms with Crippen molar-refractivity contribution in [2.75, 3.05) is 0 Å². The fraction of sp³-hybridized carbons (Fsp3) is 0. The predicted octanol–water partition coefficient (Wildman–Crippen LogP) is 3.14. The van der Waals surface area contributed by atoms with Crippen LogP contribution in [0.25, 0.3) is 11.8 Å². The van der Waals surface area contributed by atoms with Crippen LogP contribution in [0.4, 0.5) is 0 Å². The molecule has 4 heteroatoms. The Balaban J connectivity index is 1.89. The maximum atomic E-state index is 12.2. The van der Waals surface area contributed by atoms with Crippen molar-refractivity contribution < 1.29 is 19.8 Å². The SMILES string of the molecule is O=C(/C=C/c1ccc(O)cc1)C1=C(O)c2ccccc2C1=O. The molecule has 0 amide bonds. The third-order valence-corrected chi connectivity index (χ3v) is 3.46. The van der Waals surface area contributed by atoms with Gasteiger partial charge >= 0.3 is 0 Å². The molecule has 0 heterocycles. The van der Waals surface area contributed by atoms with Crippen LogP contribution in [0, 0.1) is 0 Å². The summed E-state index contributed by atoms with van der Waals surface area (Å²) in [7, 11) is 0. The molecule has 4 nitrogen and oxygen atoms in total. The average molecular weight is 292 g/mol. The summed E-state index contributed by atoms with van der Waals surface area (Å²) >= 11 is 0. The Labute approximate surface area is 126 Å². The van der Waals surface area contributed by atoms with E-state index in [2.05, 4.69) is 0 Å². The monoisotopic (exact) mass is 292 g/mol. The minimum atomic E-state index is -0.549. The van der Waals surface area contributed by atoms with Crippen molar-refractivity contribution in [3.8, 4) is 5.75 Å². The molecule has 0 aromatic heterocycles. The van der Waals surface area contributed by atoms with Gasteiger partial charge in [-0.25, -0.2) is 0 Å². The fourth-order valence-electron chi connectivity index (χ4n) is 2.33. The molecule has 1 aliphatic carbocycles. The zero-order chi connectivity index (χ0) is 15.7. The van der Waals surface area contributed by atoms with Gasteiger partial charge in [0.25, 0.3) is 0 Å². The molecular formula is C18H12O4. The van der Waals surface area contributed by atoms with Crippen LogP contribution in [0.15, 0.2) is 60.2 Å². The highest BCUT2D eigenvalue weighted by atomic mass is 16.3. The van der Waals surface area contributed by atoms with Gasteiger partial charge in [-0.3, -0.25) is 9.59 Å². The Bertz CT molecular complexity index is 826. The number of rotatable bonds is 3. The van der Waals surface area contributed by atoms with E-state index < -0.39 is 11.6 Å². The highest BCUT2D eigenvalue weighted by Gasteiger charge is 2.32. The second-order valence-corrected chi connectivity index (χ2v) is 4.89. The van der Waals surface area contributed by atoms with E-state index in [1.807, 2.05) is 0 Å². The van der Waals surface area contributed by atoms with Crippen molar-refractivity contribution in [3.05, 3.63) is 76.9 Å². The summed E-state index contributed by atoms with van der Waals surface area (Å²) < 4.78 is 0. The Kier molecular flexibility index (Phi) is 3.35. The van der Waals surface area contributed by atoms with Crippen LogP contribution in [-0.4, -0.2) is 21.8 Å². The third kappa shape index (κ3) is 2.31. The van der Waals surface area contributed by atoms with Crippen molar-refractivity contribution in [1.82, 2.24) is 0 Å². The molecule has 0 aliphatic heterocycles. The first-order valence-electron chi connectivity index (χ1n) is 6.66. The van der Waals surface area contributed by atoms with Gasteiger partial charge in [-0.05, 0) is 23.8 Å². The van der Waals surface area contributed by atoms with Crippen LogP contribution < -0.4 is 0 Å². The Morgan fingerprint density at radius 3 is 2.18 bits per heavy atom. The lowest BCUT2D eigenvalue weighted by molar-refractivity contribution is -0.110. The van der Waals surface area contributed by atoms with Crippen molar-refractivity contribution in [2.24, 2.45) is 0 Å². The van der Waals surface area contributed by atoms with Crippen molar-refractivity contribution in [2.45, 2.75) is 0 Å². The summed E-state index contributed by atoms with van der Waals surface area (Å²) in [6, 6.07) is 12.8. The number of phenols is 1. The number of allylic oxidation sites excluding steroid dienone is 2. The normalized spacial score (nSPS) is 13.7. The average Bonchev–Trinajstić information content (AvgIpc) is 2.79. The summed E-state index contributed by atoms with van der Waals surface area (Å²) in [5.74, 6) is -1.16. The number of carbonyl (C=O) groups is 2. The number of ketones is 2. The number of Topliss-reactive ketones (excluding diaryl/α,β-unsaturated/α-hetero) is 1. The van der Waals surface area contributed by atoms with Crippen LogP contribution in [0.1, 0.15) is 21.5 Å². The van der Waals surface area contributed by atoms with Gasteiger partial charge in [-0.1, -0.05) is 42.5 Å². The first-order valence-corrected chi connectivity index (χ1v) is 6.66. The lowest BCUT2D eigenvalue weighted by Gasteiger charge is -1.97. The molecule has 22 heavy (non-hydrogen) atoms. The number of aliphatic hydroxyl groups is 1. The van der Waals surface area contributed by atoms with Crippen LogP contribution in [0.3, 0.4) is 0 Å². The van der Waals surface area contributed by atoms with Crippen LogP contribution in [0.2, 0.25) is 0 Å². The molecule has 0 saturated heterocycles. The van der Waals surface area contributed by atoms with Crippen LogP contribution in [-0.2, 0) is 4.79 Å². The number of phenolic OH excluding ortho intramolecular Hbond substituents is 1. The molecule has 0 unspecified atom stereocenters. The van der Waals surface area contributed by atoms with Crippen molar-refractivity contribution in [1.29, 1.82) is 0 Å². The number of carbonyl (C=O) groups excluding carboxylic acids is 2. The molecule has 1 aliphatic rings. The van der Waals surface area contributed by atoms with E-state index in [0.717, 1.165) is 0 Å². The molecule has 0 saturated carbocycles. The molecule has 108 valence electrons. The predicted molar refractivity (Wildman–Crippen MR) is 82.5 cm³/mol. The van der Waals surface area contributed by atoms with Gasteiger partial charge < -0.3 is 10.2 Å². The number of benzene rings is 2. The van der Waals surface area contributed by atoms with Crippen LogP contribution >= 0.6 is 0 Å². The molecule has 0 atom stereocenters. The fourth-order valence-corrected chi connectivity index (χ4v) is 2.33. The number of fused-ring (bicyclic) bond motifs is 1. The Hall–Kier alpha value is -3.14. The van der Waals surface area contributed by atoms with Gasteiger partial charge in [0.1, 0.15) is 17.1 Å². The minimum Gasteiger partial charge on any atom is -0.508 e.